The molecule has 0 bridgehead atoms. The van der Waals surface area contributed by atoms with Gasteiger partial charge in [-0.2, -0.15) is 4.98 Å². The van der Waals surface area contributed by atoms with E-state index in [9.17, 15) is 20.1 Å². The lowest BCUT2D eigenvalue weighted by molar-refractivity contribution is 0.00446. The number of hydrogen-bond acceptors (Lipinski definition) is 9. The van der Waals surface area contributed by atoms with Crippen LogP contribution in [0, 0.1) is 5.92 Å². The van der Waals surface area contributed by atoms with Crippen molar-refractivity contribution < 1.29 is 20.1 Å². The molecule has 1 aromatic carbocycles. The standard InChI is InChI=1S/C23H27N5O5/c29-12-14-11-17(20(31)19(14)30)25-21-18(16-6-5-13-3-1-2-4-15(13)24-16)22(32)27-23(26-21)28-7-9-33-10-8-28/h1-6,14,17,19-20,29-31H,7-12H2,(H2,25,26,27,32)/t14-,17-,19-,20+/m1/s1. The second kappa shape index (κ2) is 9.06. The van der Waals surface area contributed by atoms with Crippen LogP contribution in [-0.4, -0.2) is 81.4 Å². The molecule has 5 rings (SSSR count). The van der Waals surface area contributed by atoms with Crippen LogP contribution in [0.5, 0.6) is 0 Å². The molecule has 4 atom stereocenters. The first-order valence-electron chi connectivity index (χ1n) is 11.1. The zero-order valence-corrected chi connectivity index (χ0v) is 18.0. The molecule has 0 radical (unpaired) electrons. The van der Waals surface area contributed by atoms with Crippen molar-refractivity contribution in [2.24, 2.45) is 5.92 Å². The fraction of sp³-hybridized carbons (Fsp3) is 0.435. The van der Waals surface area contributed by atoms with Gasteiger partial charge in [0, 0.05) is 31.0 Å². The summed E-state index contributed by atoms with van der Waals surface area (Å²) in [4.78, 5) is 27.5. The third-order valence-corrected chi connectivity index (χ3v) is 6.43. The van der Waals surface area contributed by atoms with E-state index in [2.05, 4.69) is 15.3 Å². The van der Waals surface area contributed by atoms with E-state index in [0.717, 1.165) is 10.9 Å². The van der Waals surface area contributed by atoms with Crippen molar-refractivity contribution in [2.75, 3.05) is 43.1 Å². The van der Waals surface area contributed by atoms with Crippen LogP contribution in [0.25, 0.3) is 22.2 Å². The number of ether oxygens (including phenoxy) is 1. The first kappa shape index (κ1) is 21.8. The molecular formula is C23H27N5O5. The van der Waals surface area contributed by atoms with Crippen molar-refractivity contribution in [1.82, 2.24) is 15.0 Å². The quantitative estimate of drug-likeness (QED) is 0.369. The number of nitrogens with one attached hydrogen (secondary N) is 2. The lowest BCUT2D eigenvalue weighted by atomic mass is 10.1. The monoisotopic (exact) mass is 453 g/mol. The van der Waals surface area contributed by atoms with E-state index in [-0.39, 0.29) is 23.5 Å². The third kappa shape index (κ3) is 4.18. The molecule has 1 aliphatic carbocycles. The zero-order valence-electron chi connectivity index (χ0n) is 18.0. The SMILES string of the molecule is O=c1[nH]c(N2CCOCC2)nc(N[C@@H]2C[C@H](CO)[C@@H](O)[C@H]2O)c1-c1ccc2ccccc2n1. The minimum absolute atomic E-state index is 0.239. The third-order valence-electron chi connectivity index (χ3n) is 6.43. The number of aliphatic hydroxyl groups is 3. The molecule has 2 aliphatic rings. The van der Waals surface area contributed by atoms with Crippen LogP contribution >= 0.6 is 0 Å². The molecule has 3 heterocycles. The number of morpholine rings is 1. The summed E-state index contributed by atoms with van der Waals surface area (Å²) in [6, 6.07) is 10.7. The summed E-state index contributed by atoms with van der Waals surface area (Å²) >= 11 is 0. The van der Waals surface area contributed by atoms with Crippen molar-refractivity contribution in [3.05, 3.63) is 46.8 Å². The van der Waals surface area contributed by atoms with Crippen LogP contribution in [0.1, 0.15) is 6.42 Å². The molecule has 10 nitrogen and oxygen atoms in total. The van der Waals surface area contributed by atoms with Crippen LogP contribution in [0.4, 0.5) is 11.8 Å². The molecule has 33 heavy (non-hydrogen) atoms. The number of pyridine rings is 1. The Kier molecular flexibility index (Phi) is 5.98. The number of hydrogen-bond donors (Lipinski definition) is 5. The van der Waals surface area contributed by atoms with Crippen LogP contribution in [0.3, 0.4) is 0 Å². The normalized spacial score (nSPS) is 25.5. The van der Waals surface area contributed by atoms with Gasteiger partial charge in [0.25, 0.3) is 5.56 Å². The summed E-state index contributed by atoms with van der Waals surface area (Å²) in [6.45, 7) is 2.01. The summed E-state index contributed by atoms with van der Waals surface area (Å²) < 4.78 is 5.40. The molecule has 0 unspecified atom stereocenters. The minimum Gasteiger partial charge on any atom is -0.396 e. The Morgan fingerprint density at radius 2 is 1.88 bits per heavy atom. The molecule has 10 heteroatoms. The maximum Gasteiger partial charge on any atom is 0.263 e. The second-order valence-electron chi connectivity index (χ2n) is 8.51. The predicted molar refractivity (Wildman–Crippen MR) is 123 cm³/mol. The van der Waals surface area contributed by atoms with Gasteiger partial charge in [-0.05, 0) is 18.6 Å². The van der Waals surface area contributed by atoms with Gasteiger partial charge in [-0.1, -0.05) is 24.3 Å². The van der Waals surface area contributed by atoms with Crippen LogP contribution < -0.4 is 15.8 Å². The Bertz CT molecular complexity index is 1200. The molecule has 1 aliphatic heterocycles. The Morgan fingerprint density at radius 1 is 1.09 bits per heavy atom. The fourth-order valence-corrected chi connectivity index (χ4v) is 4.56. The molecule has 2 fully saturated rings. The van der Waals surface area contributed by atoms with Crippen molar-refractivity contribution >= 4 is 22.7 Å². The van der Waals surface area contributed by atoms with E-state index in [1.807, 2.05) is 35.2 Å². The smallest absolute Gasteiger partial charge is 0.263 e. The van der Waals surface area contributed by atoms with E-state index >= 15 is 0 Å². The fourth-order valence-electron chi connectivity index (χ4n) is 4.56. The zero-order chi connectivity index (χ0) is 22.9. The summed E-state index contributed by atoms with van der Waals surface area (Å²) in [7, 11) is 0. The average Bonchev–Trinajstić information content (AvgIpc) is 3.12. The van der Waals surface area contributed by atoms with E-state index in [1.165, 1.54) is 0 Å². The Morgan fingerprint density at radius 3 is 2.64 bits per heavy atom. The molecule has 3 aromatic rings. The van der Waals surface area contributed by atoms with E-state index in [0.29, 0.717) is 44.4 Å². The molecule has 1 saturated heterocycles. The number of aromatic nitrogens is 3. The lowest BCUT2D eigenvalue weighted by Gasteiger charge is -2.28. The number of rotatable bonds is 5. The second-order valence-corrected chi connectivity index (χ2v) is 8.51. The van der Waals surface area contributed by atoms with Crippen LogP contribution in [-0.2, 0) is 4.74 Å². The number of anilines is 2. The molecule has 0 amide bonds. The number of fused-ring (bicyclic) bond motifs is 1. The first-order chi connectivity index (χ1) is 16.0. The summed E-state index contributed by atoms with van der Waals surface area (Å²) in [5.41, 5.74) is 1.09. The number of aliphatic hydroxyl groups excluding tert-OH is 3. The van der Waals surface area contributed by atoms with Gasteiger partial charge in [0.2, 0.25) is 5.95 Å². The number of H-pyrrole nitrogens is 1. The Balaban J connectivity index is 1.58. The van der Waals surface area contributed by atoms with Crippen molar-refractivity contribution in [1.29, 1.82) is 0 Å². The van der Waals surface area contributed by atoms with E-state index < -0.39 is 24.2 Å². The molecular weight excluding hydrogens is 426 g/mol. The topological polar surface area (TPSA) is 144 Å². The van der Waals surface area contributed by atoms with Crippen LogP contribution in [0.15, 0.2) is 41.2 Å². The number of benzene rings is 1. The Labute approximate surface area is 189 Å². The highest BCUT2D eigenvalue weighted by Crippen LogP contribution is 2.32. The van der Waals surface area contributed by atoms with Gasteiger partial charge in [-0.15, -0.1) is 0 Å². The van der Waals surface area contributed by atoms with Crippen LogP contribution in [0.2, 0.25) is 0 Å². The van der Waals surface area contributed by atoms with Crippen molar-refractivity contribution in [3.8, 4) is 11.3 Å². The van der Waals surface area contributed by atoms with Gasteiger partial charge < -0.3 is 30.3 Å². The molecule has 1 saturated carbocycles. The minimum atomic E-state index is -1.10. The van der Waals surface area contributed by atoms with Crippen molar-refractivity contribution in [3.63, 3.8) is 0 Å². The largest absolute Gasteiger partial charge is 0.396 e. The van der Waals surface area contributed by atoms with Crippen molar-refractivity contribution in [2.45, 2.75) is 24.7 Å². The number of nitrogens with zero attached hydrogens (tertiary/aromatic N) is 3. The lowest BCUT2D eigenvalue weighted by Crippen LogP contribution is -2.39. The average molecular weight is 453 g/mol. The maximum absolute atomic E-state index is 13.3. The highest BCUT2D eigenvalue weighted by Gasteiger charge is 2.41. The van der Waals surface area contributed by atoms with Gasteiger partial charge in [-0.3, -0.25) is 9.78 Å². The first-order valence-corrected chi connectivity index (χ1v) is 11.1. The Hall–Kier alpha value is -3.05. The molecule has 5 N–H and O–H groups in total. The molecule has 2 aromatic heterocycles. The number of para-hydroxylation sites is 1. The van der Waals surface area contributed by atoms with Gasteiger partial charge in [0.1, 0.15) is 17.5 Å². The summed E-state index contributed by atoms with van der Waals surface area (Å²) in [5, 5.41) is 34.4. The van der Waals surface area contributed by atoms with E-state index in [4.69, 9.17) is 9.72 Å². The highest BCUT2D eigenvalue weighted by atomic mass is 16.5. The van der Waals surface area contributed by atoms with E-state index in [1.54, 1.807) is 6.07 Å². The van der Waals surface area contributed by atoms with Gasteiger partial charge in [0.05, 0.1) is 36.6 Å². The predicted octanol–water partition coefficient (Wildman–Crippen LogP) is 0.336. The summed E-state index contributed by atoms with van der Waals surface area (Å²) in [5.74, 6) is 0.223. The number of aromatic amines is 1. The van der Waals surface area contributed by atoms with Gasteiger partial charge in [0.15, 0.2) is 0 Å². The highest BCUT2D eigenvalue weighted by molar-refractivity contribution is 5.83. The van der Waals surface area contributed by atoms with Gasteiger partial charge in [-0.25, -0.2) is 4.98 Å². The summed E-state index contributed by atoms with van der Waals surface area (Å²) in [6.07, 6.45) is -1.83. The molecule has 0 spiro atoms. The maximum atomic E-state index is 13.3. The molecule has 174 valence electrons. The van der Waals surface area contributed by atoms with Gasteiger partial charge >= 0.3 is 0 Å².